The Hall–Kier alpha value is -2.34. The van der Waals surface area contributed by atoms with E-state index in [0.717, 1.165) is 24.5 Å². The molecule has 23 heavy (non-hydrogen) atoms. The van der Waals surface area contributed by atoms with E-state index in [4.69, 9.17) is 11.6 Å². The number of rotatable bonds is 5. The largest absolute Gasteiger partial charge is 0.380 e. The normalized spacial score (nSPS) is 14.0. The SMILES string of the molecule is O=[N+]([O-])c1ccc(NCc2ccnc(N3CCCC3)c2)c(Cl)c1. The van der Waals surface area contributed by atoms with Crippen molar-refractivity contribution < 1.29 is 4.92 Å². The molecular weight excluding hydrogens is 316 g/mol. The molecule has 1 saturated heterocycles. The molecule has 0 unspecified atom stereocenters. The first-order valence-corrected chi connectivity index (χ1v) is 7.89. The van der Waals surface area contributed by atoms with Crippen molar-refractivity contribution in [1.29, 1.82) is 0 Å². The number of anilines is 2. The molecule has 1 aliphatic heterocycles. The Bertz CT molecular complexity index is 717. The average molecular weight is 333 g/mol. The summed E-state index contributed by atoms with van der Waals surface area (Å²) < 4.78 is 0. The third-order valence-corrected chi connectivity index (χ3v) is 4.20. The number of nitro benzene ring substituents is 1. The summed E-state index contributed by atoms with van der Waals surface area (Å²) in [6.07, 6.45) is 4.23. The van der Waals surface area contributed by atoms with Gasteiger partial charge in [-0.15, -0.1) is 0 Å². The molecule has 1 fully saturated rings. The number of nitrogens with zero attached hydrogens (tertiary/aromatic N) is 3. The molecule has 0 bridgehead atoms. The zero-order valence-electron chi connectivity index (χ0n) is 12.5. The number of nitro groups is 1. The molecule has 1 aliphatic rings. The Morgan fingerprint density at radius 2 is 2.04 bits per heavy atom. The van der Waals surface area contributed by atoms with E-state index in [0.29, 0.717) is 17.3 Å². The van der Waals surface area contributed by atoms with Crippen molar-refractivity contribution in [1.82, 2.24) is 4.98 Å². The second-order valence-electron chi connectivity index (χ2n) is 5.49. The van der Waals surface area contributed by atoms with Gasteiger partial charge in [0.15, 0.2) is 0 Å². The summed E-state index contributed by atoms with van der Waals surface area (Å²) in [7, 11) is 0. The highest BCUT2D eigenvalue weighted by molar-refractivity contribution is 6.33. The van der Waals surface area contributed by atoms with E-state index < -0.39 is 4.92 Å². The van der Waals surface area contributed by atoms with Gasteiger partial charge in [0.2, 0.25) is 0 Å². The first-order valence-electron chi connectivity index (χ1n) is 7.51. The number of nitrogens with one attached hydrogen (secondary N) is 1. The number of aromatic nitrogens is 1. The van der Waals surface area contributed by atoms with Gasteiger partial charge in [-0.3, -0.25) is 10.1 Å². The van der Waals surface area contributed by atoms with E-state index in [9.17, 15) is 10.1 Å². The second kappa shape index (κ2) is 6.83. The molecule has 1 aromatic heterocycles. The third kappa shape index (κ3) is 3.71. The monoisotopic (exact) mass is 332 g/mol. The van der Waals surface area contributed by atoms with E-state index in [1.54, 1.807) is 6.07 Å². The highest BCUT2D eigenvalue weighted by Crippen LogP contribution is 2.27. The van der Waals surface area contributed by atoms with Crippen molar-refractivity contribution in [2.24, 2.45) is 0 Å². The number of halogens is 1. The predicted octanol–water partition coefficient (Wildman–Crippen LogP) is 3.86. The number of hydrogen-bond donors (Lipinski definition) is 1. The molecule has 0 spiro atoms. The lowest BCUT2D eigenvalue weighted by Gasteiger charge is -2.17. The van der Waals surface area contributed by atoms with E-state index in [2.05, 4.69) is 21.3 Å². The molecular formula is C16H17ClN4O2. The Morgan fingerprint density at radius 1 is 1.26 bits per heavy atom. The standard InChI is InChI=1S/C16H17ClN4O2/c17-14-10-13(21(22)23)3-4-15(14)19-11-12-5-6-18-16(9-12)20-7-1-2-8-20/h3-6,9-10,19H,1-2,7-8,11H2. The van der Waals surface area contributed by atoms with Gasteiger partial charge in [-0.2, -0.15) is 0 Å². The fraction of sp³-hybridized carbons (Fsp3) is 0.312. The summed E-state index contributed by atoms with van der Waals surface area (Å²) in [6, 6.07) is 8.44. The van der Waals surface area contributed by atoms with Crippen molar-refractivity contribution in [3.63, 3.8) is 0 Å². The molecule has 0 amide bonds. The molecule has 0 saturated carbocycles. The van der Waals surface area contributed by atoms with Crippen molar-refractivity contribution in [3.05, 3.63) is 57.2 Å². The van der Waals surface area contributed by atoms with Crippen LogP contribution in [-0.4, -0.2) is 23.0 Å². The first kappa shape index (κ1) is 15.6. The molecule has 0 radical (unpaired) electrons. The Balaban J connectivity index is 1.68. The molecule has 1 aromatic carbocycles. The van der Waals surface area contributed by atoms with Gasteiger partial charge in [0.25, 0.3) is 5.69 Å². The van der Waals surface area contributed by atoms with Gasteiger partial charge >= 0.3 is 0 Å². The van der Waals surface area contributed by atoms with Crippen molar-refractivity contribution >= 4 is 28.8 Å². The third-order valence-electron chi connectivity index (χ3n) is 3.89. The van der Waals surface area contributed by atoms with Gasteiger partial charge in [0, 0.05) is 38.0 Å². The molecule has 0 atom stereocenters. The van der Waals surface area contributed by atoms with Crippen molar-refractivity contribution in [3.8, 4) is 0 Å². The summed E-state index contributed by atoms with van der Waals surface area (Å²) in [4.78, 5) is 17.0. The maximum absolute atomic E-state index is 10.7. The minimum atomic E-state index is -0.457. The Morgan fingerprint density at radius 3 is 2.74 bits per heavy atom. The summed E-state index contributed by atoms with van der Waals surface area (Å²) >= 11 is 6.09. The van der Waals surface area contributed by atoms with Gasteiger partial charge in [0.05, 0.1) is 15.6 Å². The van der Waals surface area contributed by atoms with Crippen LogP contribution in [0.3, 0.4) is 0 Å². The Kier molecular flexibility index (Phi) is 4.62. The fourth-order valence-corrected chi connectivity index (χ4v) is 2.89. The first-order chi connectivity index (χ1) is 11.1. The van der Waals surface area contributed by atoms with Gasteiger partial charge in [0.1, 0.15) is 5.82 Å². The summed E-state index contributed by atoms with van der Waals surface area (Å²) in [5, 5.41) is 14.3. The van der Waals surface area contributed by atoms with Gasteiger partial charge in [-0.05, 0) is 36.6 Å². The van der Waals surface area contributed by atoms with Gasteiger partial charge in [-0.1, -0.05) is 11.6 Å². The molecule has 6 nitrogen and oxygen atoms in total. The predicted molar refractivity (Wildman–Crippen MR) is 91.1 cm³/mol. The highest BCUT2D eigenvalue weighted by atomic mass is 35.5. The minimum absolute atomic E-state index is 0.0132. The summed E-state index contributed by atoms with van der Waals surface area (Å²) in [5.74, 6) is 0.997. The molecule has 0 aliphatic carbocycles. The fourth-order valence-electron chi connectivity index (χ4n) is 2.65. The van der Waals surface area contributed by atoms with E-state index in [-0.39, 0.29) is 5.69 Å². The number of non-ortho nitro benzene ring substituents is 1. The number of hydrogen-bond acceptors (Lipinski definition) is 5. The van der Waals surface area contributed by atoms with Crippen molar-refractivity contribution in [2.45, 2.75) is 19.4 Å². The zero-order valence-corrected chi connectivity index (χ0v) is 13.3. The smallest absolute Gasteiger partial charge is 0.271 e. The van der Waals surface area contributed by atoms with Crippen LogP contribution in [-0.2, 0) is 6.54 Å². The summed E-state index contributed by atoms with van der Waals surface area (Å²) in [5.41, 5.74) is 1.76. The van der Waals surface area contributed by atoms with Gasteiger partial charge in [-0.25, -0.2) is 4.98 Å². The molecule has 2 heterocycles. The lowest BCUT2D eigenvalue weighted by atomic mass is 10.2. The topological polar surface area (TPSA) is 71.3 Å². The lowest BCUT2D eigenvalue weighted by Crippen LogP contribution is -2.19. The maximum atomic E-state index is 10.7. The van der Waals surface area contributed by atoms with Crippen LogP contribution >= 0.6 is 11.6 Å². The van der Waals surface area contributed by atoms with Crippen LogP contribution in [0.25, 0.3) is 0 Å². The van der Waals surface area contributed by atoms with E-state index in [1.165, 1.54) is 25.0 Å². The van der Waals surface area contributed by atoms with Crippen LogP contribution in [0.2, 0.25) is 5.02 Å². The highest BCUT2D eigenvalue weighted by Gasteiger charge is 2.14. The lowest BCUT2D eigenvalue weighted by molar-refractivity contribution is -0.384. The van der Waals surface area contributed by atoms with Gasteiger partial charge < -0.3 is 10.2 Å². The van der Waals surface area contributed by atoms with Crippen LogP contribution in [0.5, 0.6) is 0 Å². The second-order valence-corrected chi connectivity index (χ2v) is 5.90. The van der Waals surface area contributed by atoms with E-state index >= 15 is 0 Å². The van der Waals surface area contributed by atoms with Crippen LogP contribution in [0.1, 0.15) is 18.4 Å². The van der Waals surface area contributed by atoms with Crippen LogP contribution in [0, 0.1) is 10.1 Å². The van der Waals surface area contributed by atoms with Crippen LogP contribution < -0.4 is 10.2 Å². The molecule has 1 N–H and O–H groups in total. The Labute approximate surface area is 139 Å². The number of pyridine rings is 1. The molecule has 7 heteroatoms. The summed E-state index contributed by atoms with van der Waals surface area (Å²) in [6.45, 7) is 2.69. The van der Waals surface area contributed by atoms with Crippen LogP contribution in [0.15, 0.2) is 36.5 Å². The minimum Gasteiger partial charge on any atom is -0.380 e. The van der Waals surface area contributed by atoms with Crippen LogP contribution in [0.4, 0.5) is 17.2 Å². The molecule has 3 rings (SSSR count). The molecule has 2 aromatic rings. The zero-order chi connectivity index (χ0) is 16.2. The average Bonchev–Trinajstić information content (AvgIpc) is 3.08. The maximum Gasteiger partial charge on any atom is 0.271 e. The quantitative estimate of drug-likeness (QED) is 0.665. The number of benzene rings is 1. The molecule has 120 valence electrons. The van der Waals surface area contributed by atoms with E-state index in [1.807, 2.05) is 12.3 Å². The van der Waals surface area contributed by atoms with Crippen molar-refractivity contribution in [2.75, 3.05) is 23.3 Å².